The topological polar surface area (TPSA) is 115 Å². The van der Waals surface area contributed by atoms with Gasteiger partial charge >= 0.3 is 6.03 Å². The minimum Gasteiger partial charge on any atom is -0.337 e. The Morgan fingerprint density at radius 1 is 1.18 bits per heavy atom. The zero-order chi connectivity index (χ0) is 19.3. The number of rotatable bonds is 6. The van der Waals surface area contributed by atoms with Gasteiger partial charge in [0.05, 0.1) is 12.7 Å². The number of imidazole rings is 1. The number of anilines is 1. The summed E-state index contributed by atoms with van der Waals surface area (Å²) in [6, 6.07) is 7.42. The maximum absolute atomic E-state index is 12.1. The molecule has 0 fully saturated rings. The predicted molar refractivity (Wildman–Crippen MR) is 103 cm³/mol. The fraction of sp³-hybridized carbons (Fsp3) is 0.222. The van der Waals surface area contributed by atoms with Crippen molar-refractivity contribution in [1.29, 1.82) is 0 Å². The van der Waals surface area contributed by atoms with E-state index in [1.54, 1.807) is 18.6 Å². The molecule has 0 spiro atoms. The number of aryl methyl sites for hydroxylation is 1. The summed E-state index contributed by atoms with van der Waals surface area (Å²) < 4.78 is 1.87. The number of carbonyl (C=O) groups excluding carboxylic acids is 1. The Kier molecular flexibility index (Phi) is 4.91. The van der Waals surface area contributed by atoms with Crippen LogP contribution in [0.1, 0.15) is 12.7 Å². The first-order valence-corrected chi connectivity index (χ1v) is 8.92. The van der Waals surface area contributed by atoms with E-state index < -0.39 is 0 Å². The van der Waals surface area contributed by atoms with E-state index in [1.807, 2.05) is 41.8 Å². The van der Waals surface area contributed by atoms with Crippen molar-refractivity contribution < 1.29 is 4.79 Å². The predicted octanol–water partition coefficient (Wildman–Crippen LogP) is 1.77. The van der Waals surface area contributed by atoms with Crippen LogP contribution in [0.15, 0.2) is 49.1 Å². The third-order valence-corrected chi connectivity index (χ3v) is 4.10. The molecule has 0 saturated carbocycles. The molecule has 4 aromatic heterocycles. The smallest absolute Gasteiger partial charge is 0.320 e. The molecule has 0 aliphatic heterocycles. The standard InChI is InChI=1S/C18H19N9O/c1-2-27-24-15(23-25-27)7-9-20-18(28)22-16-12-26-11-14(5-6-17(26)21-16)13-4-3-8-19-10-13/h3-6,8,10-12H,2,7,9H2,1H3,(H2,20,22,28). The molecule has 0 radical (unpaired) electrons. The van der Waals surface area contributed by atoms with Crippen LogP contribution in [0.5, 0.6) is 0 Å². The molecule has 4 rings (SSSR count). The first kappa shape index (κ1) is 17.6. The Morgan fingerprint density at radius 3 is 2.89 bits per heavy atom. The van der Waals surface area contributed by atoms with Gasteiger partial charge in [-0.25, -0.2) is 9.78 Å². The van der Waals surface area contributed by atoms with E-state index >= 15 is 0 Å². The van der Waals surface area contributed by atoms with Crippen LogP contribution >= 0.6 is 0 Å². The van der Waals surface area contributed by atoms with Crippen LogP contribution < -0.4 is 10.6 Å². The van der Waals surface area contributed by atoms with Gasteiger partial charge in [0.25, 0.3) is 0 Å². The molecular weight excluding hydrogens is 358 g/mol. The normalized spacial score (nSPS) is 10.9. The number of nitrogens with zero attached hydrogens (tertiary/aromatic N) is 7. The van der Waals surface area contributed by atoms with E-state index in [4.69, 9.17) is 0 Å². The molecule has 0 unspecified atom stereocenters. The molecule has 0 aromatic carbocycles. The van der Waals surface area contributed by atoms with Gasteiger partial charge in [0.2, 0.25) is 0 Å². The Balaban J connectivity index is 1.36. The third-order valence-electron chi connectivity index (χ3n) is 4.10. The molecule has 4 heterocycles. The molecule has 4 aromatic rings. The Hall–Kier alpha value is -3.82. The second-order valence-electron chi connectivity index (χ2n) is 6.08. The molecule has 0 saturated heterocycles. The number of carbonyl (C=O) groups is 1. The van der Waals surface area contributed by atoms with Gasteiger partial charge in [0.1, 0.15) is 5.65 Å². The minimum absolute atomic E-state index is 0.334. The van der Waals surface area contributed by atoms with Crippen molar-refractivity contribution in [2.45, 2.75) is 19.9 Å². The summed E-state index contributed by atoms with van der Waals surface area (Å²) in [4.78, 5) is 22.1. The minimum atomic E-state index is -0.334. The van der Waals surface area contributed by atoms with Crippen molar-refractivity contribution in [1.82, 2.24) is 39.9 Å². The van der Waals surface area contributed by atoms with E-state index in [0.29, 0.717) is 31.2 Å². The van der Waals surface area contributed by atoms with Gasteiger partial charge in [0.15, 0.2) is 11.6 Å². The van der Waals surface area contributed by atoms with Crippen LogP contribution in [-0.2, 0) is 13.0 Å². The fourth-order valence-corrected chi connectivity index (χ4v) is 2.72. The first-order chi connectivity index (χ1) is 13.7. The van der Waals surface area contributed by atoms with Crippen molar-refractivity contribution in [3.05, 3.63) is 54.9 Å². The van der Waals surface area contributed by atoms with Crippen molar-refractivity contribution >= 4 is 17.5 Å². The van der Waals surface area contributed by atoms with Gasteiger partial charge in [-0.1, -0.05) is 6.07 Å². The van der Waals surface area contributed by atoms with Gasteiger partial charge in [0, 0.05) is 37.1 Å². The van der Waals surface area contributed by atoms with E-state index in [-0.39, 0.29) is 6.03 Å². The van der Waals surface area contributed by atoms with Crippen LogP contribution in [0, 0.1) is 0 Å². The number of nitrogens with one attached hydrogen (secondary N) is 2. The number of pyridine rings is 2. The molecule has 10 heteroatoms. The highest BCUT2D eigenvalue weighted by Crippen LogP contribution is 2.20. The largest absolute Gasteiger partial charge is 0.337 e. The fourth-order valence-electron chi connectivity index (χ4n) is 2.72. The number of tetrazole rings is 1. The van der Waals surface area contributed by atoms with Crippen LogP contribution in [0.4, 0.5) is 10.6 Å². The van der Waals surface area contributed by atoms with Crippen molar-refractivity contribution in [3.8, 4) is 11.1 Å². The highest BCUT2D eigenvalue weighted by Gasteiger charge is 2.08. The van der Waals surface area contributed by atoms with Gasteiger partial charge in [-0.3, -0.25) is 10.3 Å². The summed E-state index contributed by atoms with van der Waals surface area (Å²) in [6.45, 7) is 3.00. The molecule has 2 N–H and O–H groups in total. The van der Waals surface area contributed by atoms with Gasteiger partial charge < -0.3 is 9.72 Å². The second kappa shape index (κ2) is 7.82. The highest BCUT2D eigenvalue weighted by molar-refractivity contribution is 5.88. The molecule has 10 nitrogen and oxygen atoms in total. The number of urea groups is 1. The maximum Gasteiger partial charge on any atom is 0.320 e. The summed E-state index contributed by atoms with van der Waals surface area (Å²) in [5, 5.41) is 17.5. The molecular formula is C18H19N9O. The lowest BCUT2D eigenvalue weighted by molar-refractivity contribution is 0.252. The molecule has 0 aliphatic rings. The molecule has 142 valence electrons. The third kappa shape index (κ3) is 3.95. The van der Waals surface area contributed by atoms with Gasteiger partial charge in [-0.2, -0.15) is 4.80 Å². The van der Waals surface area contributed by atoms with Crippen LogP contribution in [0.25, 0.3) is 16.8 Å². The molecule has 0 bridgehead atoms. The summed E-state index contributed by atoms with van der Waals surface area (Å²) in [5.74, 6) is 1.06. The van der Waals surface area contributed by atoms with Crippen LogP contribution in [0.2, 0.25) is 0 Å². The molecule has 0 aliphatic carbocycles. The van der Waals surface area contributed by atoms with E-state index in [9.17, 15) is 4.79 Å². The van der Waals surface area contributed by atoms with Crippen molar-refractivity contribution in [2.75, 3.05) is 11.9 Å². The summed E-state index contributed by atoms with van der Waals surface area (Å²) in [6.07, 6.45) is 7.77. The summed E-state index contributed by atoms with van der Waals surface area (Å²) in [7, 11) is 0. The maximum atomic E-state index is 12.1. The summed E-state index contributed by atoms with van der Waals surface area (Å²) in [5.41, 5.74) is 2.77. The second-order valence-corrected chi connectivity index (χ2v) is 6.08. The number of hydrogen-bond acceptors (Lipinski definition) is 6. The average molecular weight is 377 g/mol. The zero-order valence-corrected chi connectivity index (χ0v) is 15.3. The van der Waals surface area contributed by atoms with Crippen LogP contribution in [-0.4, -0.2) is 47.2 Å². The van der Waals surface area contributed by atoms with E-state index in [2.05, 4.69) is 36.0 Å². The monoisotopic (exact) mass is 377 g/mol. The Bertz CT molecular complexity index is 1090. The number of hydrogen-bond donors (Lipinski definition) is 2. The highest BCUT2D eigenvalue weighted by atomic mass is 16.2. The molecule has 28 heavy (non-hydrogen) atoms. The zero-order valence-electron chi connectivity index (χ0n) is 15.3. The lowest BCUT2D eigenvalue weighted by Gasteiger charge is -2.03. The molecule has 2 amide bonds. The lowest BCUT2D eigenvalue weighted by Crippen LogP contribution is -2.30. The number of amides is 2. The molecule has 0 atom stereocenters. The van der Waals surface area contributed by atoms with Crippen molar-refractivity contribution in [2.24, 2.45) is 0 Å². The number of aromatic nitrogens is 7. The summed E-state index contributed by atoms with van der Waals surface area (Å²) >= 11 is 0. The average Bonchev–Trinajstić information content (AvgIpc) is 3.34. The Morgan fingerprint density at radius 2 is 2.11 bits per heavy atom. The SMILES string of the molecule is CCn1nnc(CCNC(=O)Nc2cn3cc(-c4cccnc4)ccc3n2)n1. The van der Waals surface area contributed by atoms with Gasteiger partial charge in [-0.15, -0.1) is 10.2 Å². The Labute approximate surface area is 160 Å². The van der Waals surface area contributed by atoms with E-state index in [1.165, 1.54) is 4.80 Å². The lowest BCUT2D eigenvalue weighted by atomic mass is 10.1. The van der Waals surface area contributed by atoms with Crippen molar-refractivity contribution in [3.63, 3.8) is 0 Å². The number of fused-ring (bicyclic) bond motifs is 1. The quantitative estimate of drug-likeness (QED) is 0.529. The van der Waals surface area contributed by atoms with Crippen LogP contribution in [0.3, 0.4) is 0 Å². The van der Waals surface area contributed by atoms with Gasteiger partial charge in [-0.05, 0) is 35.9 Å². The first-order valence-electron chi connectivity index (χ1n) is 8.92. The van der Waals surface area contributed by atoms with E-state index in [0.717, 1.165) is 16.8 Å².